The molecule has 27 heavy (non-hydrogen) atoms. The number of hydrogen-bond acceptors (Lipinski definition) is 2. The van der Waals surface area contributed by atoms with Gasteiger partial charge in [-0.25, -0.2) is 0 Å². The fraction of sp³-hybridized carbons (Fsp3) is 0.208. The maximum atomic E-state index is 11.6. The first-order chi connectivity index (χ1) is 12.8. The van der Waals surface area contributed by atoms with E-state index in [1.54, 1.807) is 6.07 Å². The maximum absolute atomic E-state index is 11.6. The Morgan fingerprint density at radius 1 is 0.852 bits per heavy atom. The average molecular weight is 375 g/mol. The van der Waals surface area contributed by atoms with Crippen molar-refractivity contribution in [1.82, 2.24) is 0 Å². The zero-order valence-electron chi connectivity index (χ0n) is 16.4. The van der Waals surface area contributed by atoms with Crippen molar-refractivity contribution in [3.8, 4) is 5.75 Å². The van der Waals surface area contributed by atoms with Crippen LogP contribution in [0.5, 0.6) is 5.75 Å². The molecule has 0 aliphatic rings. The fourth-order valence-corrected chi connectivity index (χ4v) is 10.1. The molecule has 0 aliphatic heterocycles. The lowest BCUT2D eigenvalue weighted by Gasteiger charge is -2.45. The highest BCUT2D eigenvalue weighted by molar-refractivity contribution is 7.13. The van der Waals surface area contributed by atoms with Gasteiger partial charge in [-0.1, -0.05) is 93.1 Å². The summed E-state index contributed by atoms with van der Waals surface area (Å²) in [5.41, 5.74) is 1.34. The Bertz CT molecular complexity index is 902. The summed E-state index contributed by atoms with van der Waals surface area (Å²) in [5.74, 6) is 0.116. The number of benzene rings is 3. The molecular weight excluding hydrogens is 348 g/mol. The van der Waals surface area contributed by atoms with Gasteiger partial charge in [-0.2, -0.15) is 0 Å². The summed E-state index contributed by atoms with van der Waals surface area (Å²) in [7, 11) is -2.66. The van der Waals surface area contributed by atoms with Crippen LogP contribution in [0, 0.1) is 6.92 Å². The molecule has 3 heteroatoms. The molecule has 2 nitrogen and oxygen atoms in total. The van der Waals surface area contributed by atoms with Crippen molar-refractivity contribution in [3.63, 3.8) is 0 Å². The number of carbonyl (C=O) groups excluding carboxylic acids is 1. The third-order valence-electron chi connectivity index (χ3n) is 5.35. The molecule has 0 saturated heterocycles. The third kappa shape index (κ3) is 3.13. The molecule has 0 fully saturated rings. The third-order valence-corrected chi connectivity index (χ3v) is 11.2. The summed E-state index contributed by atoms with van der Waals surface area (Å²) >= 11 is 0. The number of phenols is 1. The average Bonchev–Trinajstić information content (AvgIpc) is 2.65. The quantitative estimate of drug-likeness (QED) is 0.429. The Morgan fingerprint density at radius 3 is 1.74 bits per heavy atom. The molecule has 0 aromatic heterocycles. The van der Waals surface area contributed by atoms with Gasteiger partial charge in [0.05, 0.1) is 5.56 Å². The predicted molar refractivity (Wildman–Crippen MR) is 115 cm³/mol. The van der Waals surface area contributed by atoms with Gasteiger partial charge in [0.25, 0.3) is 0 Å². The molecule has 3 aromatic rings. The van der Waals surface area contributed by atoms with Gasteiger partial charge in [0, 0.05) is 0 Å². The van der Waals surface area contributed by atoms with Gasteiger partial charge in [-0.3, -0.25) is 4.79 Å². The van der Waals surface area contributed by atoms with Crippen LogP contribution >= 0.6 is 0 Å². The minimum absolute atomic E-state index is 0.116. The van der Waals surface area contributed by atoms with Gasteiger partial charge in [0.1, 0.15) is 5.75 Å². The van der Waals surface area contributed by atoms with E-state index in [1.165, 1.54) is 10.4 Å². The van der Waals surface area contributed by atoms with Crippen molar-refractivity contribution in [2.45, 2.75) is 32.7 Å². The Labute approximate surface area is 162 Å². The minimum atomic E-state index is -2.66. The lowest BCUT2D eigenvalue weighted by Crippen LogP contribution is -2.72. The van der Waals surface area contributed by atoms with E-state index in [9.17, 15) is 9.90 Å². The van der Waals surface area contributed by atoms with Crippen LogP contribution in [0.1, 0.15) is 36.7 Å². The molecule has 0 aliphatic carbocycles. The van der Waals surface area contributed by atoms with Crippen LogP contribution in [0.2, 0.25) is 5.04 Å². The van der Waals surface area contributed by atoms with Gasteiger partial charge < -0.3 is 5.11 Å². The number of rotatable bonds is 4. The van der Waals surface area contributed by atoms with Crippen molar-refractivity contribution >= 4 is 29.9 Å². The van der Waals surface area contributed by atoms with Crippen LogP contribution < -0.4 is 15.6 Å². The Morgan fingerprint density at radius 2 is 1.33 bits per heavy atom. The van der Waals surface area contributed by atoms with E-state index in [0.29, 0.717) is 5.56 Å². The second-order valence-corrected chi connectivity index (χ2v) is 12.8. The molecule has 0 radical (unpaired) electrons. The van der Waals surface area contributed by atoms with Crippen LogP contribution in [-0.4, -0.2) is 19.5 Å². The van der Waals surface area contributed by atoms with Crippen LogP contribution in [-0.2, 0) is 0 Å². The first-order valence-electron chi connectivity index (χ1n) is 9.22. The van der Waals surface area contributed by atoms with Crippen LogP contribution in [0.4, 0.5) is 0 Å². The molecule has 1 N–H and O–H groups in total. The topological polar surface area (TPSA) is 37.3 Å². The van der Waals surface area contributed by atoms with Crippen molar-refractivity contribution in [3.05, 3.63) is 83.9 Å². The Hall–Kier alpha value is -2.65. The summed E-state index contributed by atoms with van der Waals surface area (Å²) in [5, 5.41) is 14.3. The SMILES string of the molecule is Cc1cc(C=O)c(O)c([Si](c2ccccc2)(c2ccccc2)C(C)(C)C)c1. The first kappa shape index (κ1) is 19.1. The zero-order chi connectivity index (χ0) is 19.7. The van der Waals surface area contributed by atoms with E-state index >= 15 is 0 Å². The molecule has 0 spiro atoms. The highest BCUT2D eigenvalue weighted by Crippen LogP contribution is 2.38. The largest absolute Gasteiger partial charge is 0.507 e. The lowest BCUT2D eigenvalue weighted by molar-refractivity contribution is 0.112. The van der Waals surface area contributed by atoms with Crippen molar-refractivity contribution in [1.29, 1.82) is 0 Å². The summed E-state index contributed by atoms with van der Waals surface area (Å²) in [6.07, 6.45) is 0.754. The van der Waals surface area contributed by atoms with E-state index in [0.717, 1.165) is 17.0 Å². The van der Waals surface area contributed by atoms with Crippen LogP contribution in [0.25, 0.3) is 0 Å². The van der Waals surface area contributed by atoms with Crippen molar-refractivity contribution in [2.75, 3.05) is 0 Å². The second kappa shape index (κ2) is 7.16. The molecule has 0 heterocycles. The van der Waals surface area contributed by atoms with E-state index in [2.05, 4.69) is 75.4 Å². The fourth-order valence-electron chi connectivity index (χ4n) is 4.31. The number of aryl methyl sites for hydroxylation is 1. The minimum Gasteiger partial charge on any atom is -0.507 e. The van der Waals surface area contributed by atoms with E-state index < -0.39 is 8.07 Å². The molecule has 0 saturated carbocycles. The van der Waals surface area contributed by atoms with Gasteiger partial charge in [-0.05, 0) is 33.6 Å². The highest BCUT2D eigenvalue weighted by Gasteiger charge is 2.50. The highest BCUT2D eigenvalue weighted by atomic mass is 28.3. The molecule has 0 unspecified atom stereocenters. The van der Waals surface area contributed by atoms with E-state index in [1.807, 2.05) is 19.1 Å². The smallest absolute Gasteiger partial charge is 0.158 e. The second-order valence-electron chi connectivity index (χ2n) is 8.10. The molecule has 3 aromatic carbocycles. The van der Waals surface area contributed by atoms with Crippen molar-refractivity contribution < 1.29 is 9.90 Å². The molecule has 0 amide bonds. The normalized spacial score (nSPS) is 12.0. The predicted octanol–water partition coefficient (Wildman–Crippen LogP) is 3.78. The van der Waals surface area contributed by atoms with Crippen molar-refractivity contribution in [2.24, 2.45) is 0 Å². The van der Waals surface area contributed by atoms with Gasteiger partial charge in [-0.15, -0.1) is 0 Å². The number of phenolic OH excluding ortho intramolecular Hbond substituents is 1. The monoisotopic (exact) mass is 374 g/mol. The molecule has 3 rings (SSSR count). The van der Waals surface area contributed by atoms with Gasteiger partial charge >= 0.3 is 0 Å². The van der Waals surface area contributed by atoms with E-state index in [-0.39, 0.29) is 10.8 Å². The molecule has 138 valence electrons. The van der Waals surface area contributed by atoms with Crippen LogP contribution in [0.15, 0.2) is 72.8 Å². The summed E-state index contributed by atoms with van der Waals surface area (Å²) in [4.78, 5) is 11.6. The molecule has 0 atom stereocenters. The van der Waals surface area contributed by atoms with Gasteiger partial charge in [0.2, 0.25) is 0 Å². The van der Waals surface area contributed by atoms with Crippen LogP contribution in [0.3, 0.4) is 0 Å². The first-order valence-corrected chi connectivity index (χ1v) is 11.2. The Balaban J connectivity index is 2.53. The molecule has 0 bridgehead atoms. The standard InChI is InChI=1S/C24H26O2Si/c1-18-15-19(17-25)23(26)22(16-18)27(24(2,3)4,20-11-7-5-8-12-20)21-13-9-6-10-14-21/h5-17,26H,1-4H3. The number of carbonyl (C=O) groups is 1. The summed E-state index contributed by atoms with van der Waals surface area (Å²) in [6, 6.07) is 24.7. The number of aldehydes is 1. The summed E-state index contributed by atoms with van der Waals surface area (Å²) in [6.45, 7) is 8.69. The summed E-state index contributed by atoms with van der Waals surface area (Å²) < 4.78 is 0. The van der Waals surface area contributed by atoms with E-state index in [4.69, 9.17) is 0 Å². The lowest BCUT2D eigenvalue weighted by atomic mass is 10.1. The Kier molecular flexibility index (Phi) is 5.07. The number of aromatic hydroxyl groups is 1. The molecular formula is C24H26O2Si. The number of hydrogen-bond donors (Lipinski definition) is 1. The maximum Gasteiger partial charge on any atom is 0.158 e. The zero-order valence-corrected chi connectivity index (χ0v) is 17.4. The van der Waals surface area contributed by atoms with Gasteiger partial charge in [0.15, 0.2) is 14.4 Å².